The molecule has 4 rings (SSSR count). The first-order valence-electron chi connectivity index (χ1n) is 11.0. The molecule has 1 atom stereocenters. The molecule has 2 heterocycles. The summed E-state index contributed by atoms with van der Waals surface area (Å²) >= 11 is 5.73. The second kappa shape index (κ2) is 10.7. The zero-order valence-electron chi connectivity index (χ0n) is 18.9. The SMILES string of the molecule is COc1cc2cc(CN(Cc3ccccc3)C(=S)NCC3CCCO3)c(=O)[nH]c2cc1OC. The molecule has 0 spiro atoms. The summed E-state index contributed by atoms with van der Waals surface area (Å²) in [4.78, 5) is 17.9. The summed E-state index contributed by atoms with van der Waals surface area (Å²) in [5.41, 5.74) is 2.26. The van der Waals surface area contributed by atoms with Crippen LogP contribution in [0.25, 0.3) is 10.9 Å². The van der Waals surface area contributed by atoms with E-state index >= 15 is 0 Å². The van der Waals surface area contributed by atoms with Gasteiger partial charge in [0.25, 0.3) is 5.56 Å². The predicted molar refractivity (Wildman–Crippen MR) is 133 cm³/mol. The van der Waals surface area contributed by atoms with Gasteiger partial charge in [-0.15, -0.1) is 0 Å². The lowest BCUT2D eigenvalue weighted by molar-refractivity contribution is 0.113. The number of thiocarbonyl (C=S) groups is 1. The van der Waals surface area contributed by atoms with Crippen molar-refractivity contribution in [3.63, 3.8) is 0 Å². The Balaban J connectivity index is 1.60. The number of ether oxygens (including phenoxy) is 3. The third-order valence-corrected chi connectivity index (χ3v) is 6.20. The third kappa shape index (κ3) is 5.64. The third-order valence-electron chi connectivity index (χ3n) is 5.79. The quantitative estimate of drug-likeness (QED) is 0.490. The van der Waals surface area contributed by atoms with E-state index < -0.39 is 0 Å². The molecule has 2 N–H and O–H groups in total. The van der Waals surface area contributed by atoms with E-state index in [-0.39, 0.29) is 11.7 Å². The van der Waals surface area contributed by atoms with Crippen molar-refractivity contribution in [3.05, 3.63) is 70.0 Å². The number of fused-ring (bicyclic) bond motifs is 1. The fourth-order valence-electron chi connectivity index (χ4n) is 4.02. The molecule has 33 heavy (non-hydrogen) atoms. The predicted octanol–water partition coefficient (Wildman–Crippen LogP) is 3.60. The number of hydrogen-bond acceptors (Lipinski definition) is 5. The zero-order valence-corrected chi connectivity index (χ0v) is 19.7. The van der Waals surface area contributed by atoms with E-state index in [9.17, 15) is 4.79 Å². The molecule has 1 aliphatic heterocycles. The summed E-state index contributed by atoms with van der Waals surface area (Å²) in [6.45, 7) is 2.41. The summed E-state index contributed by atoms with van der Waals surface area (Å²) in [5.74, 6) is 1.18. The maximum Gasteiger partial charge on any atom is 0.253 e. The van der Waals surface area contributed by atoms with E-state index in [4.69, 9.17) is 26.4 Å². The number of rotatable bonds is 8. The van der Waals surface area contributed by atoms with Crippen molar-refractivity contribution >= 4 is 28.2 Å². The highest BCUT2D eigenvalue weighted by molar-refractivity contribution is 7.80. The fourth-order valence-corrected chi connectivity index (χ4v) is 4.24. The molecule has 0 saturated carbocycles. The lowest BCUT2D eigenvalue weighted by Gasteiger charge is -2.27. The maximum atomic E-state index is 12.9. The van der Waals surface area contributed by atoms with Gasteiger partial charge in [-0.2, -0.15) is 0 Å². The Hall–Kier alpha value is -3.10. The number of H-pyrrole nitrogens is 1. The lowest BCUT2D eigenvalue weighted by Crippen LogP contribution is -2.42. The molecule has 1 aromatic heterocycles. The van der Waals surface area contributed by atoms with Gasteiger partial charge in [0, 0.05) is 36.7 Å². The zero-order chi connectivity index (χ0) is 23.2. The molecule has 0 aliphatic carbocycles. The van der Waals surface area contributed by atoms with Gasteiger partial charge in [-0.05, 0) is 42.8 Å². The molecule has 1 aliphatic rings. The van der Waals surface area contributed by atoms with Crippen LogP contribution in [-0.2, 0) is 17.8 Å². The molecule has 2 aromatic carbocycles. The van der Waals surface area contributed by atoms with Gasteiger partial charge in [-0.25, -0.2) is 0 Å². The van der Waals surface area contributed by atoms with Crippen LogP contribution in [-0.4, -0.2) is 48.5 Å². The number of hydrogen-bond donors (Lipinski definition) is 2. The molecule has 0 bridgehead atoms. The van der Waals surface area contributed by atoms with Crippen molar-refractivity contribution in [1.82, 2.24) is 15.2 Å². The van der Waals surface area contributed by atoms with Gasteiger partial charge >= 0.3 is 0 Å². The molecular weight excluding hydrogens is 438 g/mol. The van der Waals surface area contributed by atoms with Crippen LogP contribution in [0.15, 0.2) is 53.3 Å². The molecule has 7 nitrogen and oxygen atoms in total. The molecule has 0 amide bonds. The van der Waals surface area contributed by atoms with Crippen molar-refractivity contribution < 1.29 is 14.2 Å². The van der Waals surface area contributed by atoms with Crippen molar-refractivity contribution in [2.45, 2.75) is 32.0 Å². The molecule has 174 valence electrons. The molecule has 1 fully saturated rings. The number of methoxy groups -OCH3 is 2. The first-order valence-corrected chi connectivity index (χ1v) is 11.4. The van der Waals surface area contributed by atoms with E-state index in [1.54, 1.807) is 20.3 Å². The summed E-state index contributed by atoms with van der Waals surface area (Å²) in [5, 5.41) is 4.80. The summed E-state index contributed by atoms with van der Waals surface area (Å²) in [7, 11) is 3.16. The molecule has 1 unspecified atom stereocenters. The standard InChI is InChI=1S/C25H29N3O4S/c1-30-22-12-18-11-19(24(29)27-21(18)13-23(22)31-2)16-28(15-17-7-4-3-5-8-17)25(33)26-14-20-9-6-10-32-20/h3-5,7-8,11-13,20H,6,9-10,14-16H2,1-2H3,(H,26,33)(H,27,29). The van der Waals surface area contributed by atoms with Crippen LogP contribution < -0.4 is 20.3 Å². The average molecular weight is 468 g/mol. The number of benzene rings is 2. The Morgan fingerprint density at radius 3 is 2.61 bits per heavy atom. The van der Waals surface area contributed by atoms with E-state index in [0.29, 0.717) is 47.3 Å². The molecule has 8 heteroatoms. The van der Waals surface area contributed by atoms with Gasteiger partial charge in [0.1, 0.15) is 0 Å². The number of aromatic nitrogens is 1. The molecule has 0 radical (unpaired) electrons. The molecule has 3 aromatic rings. The average Bonchev–Trinajstić information content (AvgIpc) is 3.36. The minimum Gasteiger partial charge on any atom is -0.493 e. The first kappa shape index (κ1) is 23.1. The van der Waals surface area contributed by atoms with Crippen LogP contribution in [0.5, 0.6) is 11.5 Å². The van der Waals surface area contributed by atoms with Crippen molar-refractivity contribution in [2.24, 2.45) is 0 Å². The minimum atomic E-state index is -0.158. The topological polar surface area (TPSA) is 75.8 Å². The minimum absolute atomic E-state index is 0.158. The second-order valence-electron chi connectivity index (χ2n) is 8.08. The number of aromatic amines is 1. The van der Waals surface area contributed by atoms with Crippen LogP contribution in [0.2, 0.25) is 0 Å². The van der Waals surface area contributed by atoms with Crippen molar-refractivity contribution in [1.29, 1.82) is 0 Å². The van der Waals surface area contributed by atoms with Gasteiger partial charge in [0.15, 0.2) is 16.6 Å². The number of nitrogens with zero attached hydrogens (tertiary/aromatic N) is 1. The van der Waals surface area contributed by atoms with Gasteiger partial charge < -0.3 is 29.4 Å². The largest absolute Gasteiger partial charge is 0.493 e. The van der Waals surface area contributed by atoms with Gasteiger partial charge in [-0.3, -0.25) is 4.79 Å². The lowest BCUT2D eigenvalue weighted by atomic mass is 10.1. The highest BCUT2D eigenvalue weighted by Crippen LogP contribution is 2.31. The van der Waals surface area contributed by atoms with Crippen molar-refractivity contribution in [3.8, 4) is 11.5 Å². The van der Waals surface area contributed by atoms with E-state index in [2.05, 4.69) is 22.4 Å². The van der Waals surface area contributed by atoms with E-state index in [1.165, 1.54) is 0 Å². The monoisotopic (exact) mass is 467 g/mol. The van der Waals surface area contributed by atoms with Gasteiger partial charge in [0.05, 0.1) is 32.4 Å². The van der Waals surface area contributed by atoms with E-state index in [0.717, 1.165) is 30.4 Å². The Morgan fingerprint density at radius 1 is 1.15 bits per heavy atom. The van der Waals surface area contributed by atoms with Crippen LogP contribution in [0.1, 0.15) is 24.0 Å². The second-order valence-corrected chi connectivity index (χ2v) is 8.47. The number of nitrogens with one attached hydrogen (secondary N) is 2. The van der Waals surface area contributed by atoms with Crippen LogP contribution >= 0.6 is 12.2 Å². The number of pyridine rings is 1. The molecular formula is C25H29N3O4S. The normalized spacial score (nSPS) is 15.4. The smallest absolute Gasteiger partial charge is 0.253 e. The van der Waals surface area contributed by atoms with Gasteiger partial charge in [-0.1, -0.05) is 30.3 Å². The Labute approximate surface area is 198 Å². The van der Waals surface area contributed by atoms with Crippen LogP contribution in [0.4, 0.5) is 0 Å². The molecule has 1 saturated heterocycles. The fraction of sp³-hybridized carbons (Fsp3) is 0.360. The summed E-state index contributed by atoms with van der Waals surface area (Å²) < 4.78 is 16.5. The highest BCUT2D eigenvalue weighted by atomic mass is 32.1. The Kier molecular flexibility index (Phi) is 7.47. The Bertz CT molecular complexity index is 1160. The Morgan fingerprint density at radius 2 is 1.91 bits per heavy atom. The summed E-state index contributed by atoms with van der Waals surface area (Å²) in [6, 6.07) is 15.6. The van der Waals surface area contributed by atoms with E-state index in [1.807, 2.05) is 35.2 Å². The highest BCUT2D eigenvalue weighted by Gasteiger charge is 2.19. The summed E-state index contributed by atoms with van der Waals surface area (Å²) in [6.07, 6.45) is 2.28. The van der Waals surface area contributed by atoms with Gasteiger partial charge in [0.2, 0.25) is 0 Å². The maximum absolute atomic E-state index is 12.9. The van der Waals surface area contributed by atoms with Crippen molar-refractivity contribution in [2.75, 3.05) is 27.4 Å². The van der Waals surface area contributed by atoms with Crippen LogP contribution in [0, 0.1) is 0 Å². The van der Waals surface area contributed by atoms with Crippen LogP contribution in [0.3, 0.4) is 0 Å². The first-order chi connectivity index (χ1) is 16.1.